The lowest BCUT2D eigenvalue weighted by molar-refractivity contribution is 0.0513. The number of aromatic amines is 2. The molecule has 0 spiro atoms. The number of hydrogen-bond donors (Lipinski definition) is 3. The van der Waals surface area contributed by atoms with E-state index in [4.69, 9.17) is 10.2 Å². The molecule has 4 N–H and O–H groups in total. The number of hydrogen-bond acceptors (Lipinski definition) is 5. The monoisotopic (exact) mass is 346 g/mol. The second-order valence-electron chi connectivity index (χ2n) is 6.50. The van der Waals surface area contributed by atoms with Gasteiger partial charge in [0, 0.05) is 13.0 Å². The maximum Gasteiger partial charge on any atom is 0.326 e. The topological polar surface area (TPSA) is 125 Å². The Kier molecular flexibility index (Phi) is 4.52. The van der Waals surface area contributed by atoms with Gasteiger partial charge in [-0.15, -0.1) is 0 Å². The summed E-state index contributed by atoms with van der Waals surface area (Å²) in [5.41, 5.74) is 3.74. The maximum atomic E-state index is 13.0. The Labute approximate surface area is 144 Å². The number of carbonyl (C=O) groups excluding carboxylic acids is 1. The summed E-state index contributed by atoms with van der Waals surface area (Å²) in [6, 6.07) is 3.53. The molecule has 0 radical (unpaired) electrons. The fraction of sp³-hybridized carbons (Fsp3) is 0.471. The third kappa shape index (κ3) is 3.24. The number of carbonyl (C=O) groups is 1. The lowest BCUT2D eigenvalue weighted by Gasteiger charge is -2.37. The molecule has 1 aliphatic rings. The molecule has 0 aromatic carbocycles. The van der Waals surface area contributed by atoms with Crippen LogP contribution in [-0.2, 0) is 6.42 Å². The molecule has 0 unspecified atom stereocenters. The Balaban J connectivity index is 1.99. The number of aryl methyl sites for hydroxylation is 1. The number of rotatable bonds is 3. The smallest absolute Gasteiger partial charge is 0.326 e. The van der Waals surface area contributed by atoms with Crippen molar-refractivity contribution in [2.45, 2.75) is 39.2 Å². The lowest BCUT2D eigenvalue weighted by atomic mass is 9.90. The highest BCUT2D eigenvalue weighted by atomic mass is 16.3. The van der Waals surface area contributed by atoms with Gasteiger partial charge in [-0.2, -0.15) is 0 Å². The van der Waals surface area contributed by atoms with E-state index in [0.29, 0.717) is 18.2 Å². The van der Waals surface area contributed by atoms with Crippen LogP contribution >= 0.6 is 0 Å². The van der Waals surface area contributed by atoms with E-state index in [2.05, 4.69) is 11.9 Å². The fourth-order valence-electron chi connectivity index (χ4n) is 3.23. The Bertz CT molecular complexity index is 895. The molecule has 8 heteroatoms. The molecule has 3 rings (SSSR count). The van der Waals surface area contributed by atoms with Gasteiger partial charge < -0.3 is 20.0 Å². The summed E-state index contributed by atoms with van der Waals surface area (Å²) in [6.07, 6.45) is 2.34. The van der Waals surface area contributed by atoms with E-state index >= 15 is 0 Å². The number of furan rings is 1. The minimum absolute atomic E-state index is 0.171. The molecule has 3 heterocycles. The van der Waals surface area contributed by atoms with Gasteiger partial charge in [0.25, 0.3) is 11.5 Å². The third-order valence-corrected chi connectivity index (χ3v) is 4.68. The lowest BCUT2D eigenvalue weighted by Crippen LogP contribution is -2.42. The number of H-pyrrole nitrogens is 2. The van der Waals surface area contributed by atoms with E-state index in [-0.39, 0.29) is 17.4 Å². The fourth-order valence-corrected chi connectivity index (χ4v) is 3.23. The number of nitrogens with one attached hydrogen (secondary N) is 2. The van der Waals surface area contributed by atoms with Gasteiger partial charge in [0.1, 0.15) is 22.9 Å². The van der Waals surface area contributed by atoms with Crippen LogP contribution in [0.4, 0.5) is 5.69 Å². The molecule has 1 saturated heterocycles. The first-order valence-corrected chi connectivity index (χ1v) is 8.42. The number of anilines is 1. The molecule has 0 saturated carbocycles. The van der Waals surface area contributed by atoms with Crippen molar-refractivity contribution in [3.8, 4) is 0 Å². The average Bonchev–Trinajstić information content (AvgIpc) is 3.06. The van der Waals surface area contributed by atoms with Crippen LogP contribution in [0.1, 0.15) is 54.7 Å². The summed E-state index contributed by atoms with van der Waals surface area (Å²) in [5.74, 6) is 1.53. The number of nitrogen functional groups attached to an aromatic ring is 1. The summed E-state index contributed by atoms with van der Waals surface area (Å²) in [4.78, 5) is 42.2. The molecule has 1 amide bonds. The van der Waals surface area contributed by atoms with Gasteiger partial charge in [-0.1, -0.05) is 13.8 Å². The summed E-state index contributed by atoms with van der Waals surface area (Å²) in [5, 5.41) is 0. The van der Waals surface area contributed by atoms with Crippen LogP contribution < -0.4 is 17.0 Å². The molecule has 0 bridgehead atoms. The summed E-state index contributed by atoms with van der Waals surface area (Å²) < 4.78 is 5.85. The Hall–Kier alpha value is -2.77. The average molecular weight is 346 g/mol. The molecule has 25 heavy (non-hydrogen) atoms. The van der Waals surface area contributed by atoms with Crippen LogP contribution in [0.15, 0.2) is 26.1 Å². The van der Waals surface area contributed by atoms with Crippen molar-refractivity contribution in [2.24, 2.45) is 5.92 Å². The van der Waals surface area contributed by atoms with E-state index in [1.165, 1.54) is 0 Å². The SMILES string of the molecule is CCc1ccc([C@H]2C[C@H](C)CCN2C(=O)c2[nH]c(=O)[nH]c(=O)c2N)o1. The third-order valence-electron chi connectivity index (χ3n) is 4.68. The molecule has 2 atom stereocenters. The summed E-state index contributed by atoms with van der Waals surface area (Å²) >= 11 is 0. The zero-order chi connectivity index (χ0) is 18.1. The van der Waals surface area contributed by atoms with E-state index in [9.17, 15) is 14.4 Å². The highest BCUT2D eigenvalue weighted by molar-refractivity contribution is 5.97. The van der Waals surface area contributed by atoms with Crippen LogP contribution in [-0.4, -0.2) is 27.3 Å². The quantitative estimate of drug-likeness (QED) is 0.775. The zero-order valence-electron chi connectivity index (χ0n) is 14.3. The number of amides is 1. The maximum absolute atomic E-state index is 13.0. The van der Waals surface area contributed by atoms with E-state index in [1.807, 2.05) is 24.0 Å². The summed E-state index contributed by atoms with van der Waals surface area (Å²) in [6.45, 7) is 4.62. The zero-order valence-corrected chi connectivity index (χ0v) is 14.3. The van der Waals surface area contributed by atoms with Crippen molar-refractivity contribution in [1.29, 1.82) is 0 Å². The van der Waals surface area contributed by atoms with E-state index in [1.54, 1.807) is 4.90 Å². The Morgan fingerprint density at radius 3 is 2.80 bits per heavy atom. The summed E-state index contributed by atoms with van der Waals surface area (Å²) in [7, 11) is 0. The Morgan fingerprint density at radius 1 is 1.36 bits per heavy atom. The second-order valence-corrected chi connectivity index (χ2v) is 6.50. The molecular formula is C17H22N4O4. The van der Waals surface area contributed by atoms with Gasteiger partial charge in [-0.25, -0.2) is 4.79 Å². The Morgan fingerprint density at radius 2 is 2.12 bits per heavy atom. The normalized spacial score (nSPS) is 20.6. The molecule has 2 aromatic heterocycles. The second kappa shape index (κ2) is 6.62. The molecule has 0 aliphatic carbocycles. The number of nitrogens with two attached hydrogens (primary N) is 1. The van der Waals surface area contributed by atoms with E-state index < -0.39 is 17.2 Å². The number of likely N-dealkylation sites (tertiary alicyclic amines) is 1. The standard InChI is InChI=1S/C17H22N4O4/c1-3-10-4-5-12(25-10)11-8-9(2)6-7-21(11)16(23)14-13(18)15(22)20-17(24)19-14/h4-5,9,11H,3,6-8,18H2,1-2H3,(H2,19,20,22,24)/t9-,11-/m1/s1. The predicted octanol–water partition coefficient (Wildman–Crippen LogP) is 1.41. The first-order chi connectivity index (χ1) is 11.9. The van der Waals surface area contributed by atoms with Crippen LogP contribution in [0.3, 0.4) is 0 Å². The number of piperidine rings is 1. The van der Waals surface area contributed by atoms with Crippen molar-refractivity contribution in [3.05, 3.63) is 50.2 Å². The largest absolute Gasteiger partial charge is 0.464 e. The van der Waals surface area contributed by atoms with Crippen LogP contribution in [0.5, 0.6) is 0 Å². The van der Waals surface area contributed by atoms with Crippen LogP contribution in [0.25, 0.3) is 0 Å². The highest BCUT2D eigenvalue weighted by Crippen LogP contribution is 2.36. The van der Waals surface area contributed by atoms with Crippen molar-refractivity contribution < 1.29 is 9.21 Å². The minimum Gasteiger partial charge on any atom is -0.464 e. The minimum atomic E-state index is -0.764. The van der Waals surface area contributed by atoms with Crippen molar-refractivity contribution >= 4 is 11.6 Å². The molecule has 8 nitrogen and oxygen atoms in total. The highest BCUT2D eigenvalue weighted by Gasteiger charge is 2.35. The molecule has 1 aliphatic heterocycles. The first-order valence-electron chi connectivity index (χ1n) is 8.42. The van der Waals surface area contributed by atoms with Gasteiger partial charge in [0.05, 0.1) is 6.04 Å². The van der Waals surface area contributed by atoms with Crippen molar-refractivity contribution in [1.82, 2.24) is 14.9 Å². The molecule has 1 fully saturated rings. The van der Waals surface area contributed by atoms with Gasteiger partial charge in [-0.05, 0) is 30.9 Å². The van der Waals surface area contributed by atoms with Crippen LogP contribution in [0, 0.1) is 5.92 Å². The number of aromatic nitrogens is 2. The van der Waals surface area contributed by atoms with Gasteiger partial charge in [0.2, 0.25) is 0 Å². The first kappa shape index (κ1) is 17.1. The van der Waals surface area contributed by atoms with Gasteiger partial charge >= 0.3 is 5.69 Å². The van der Waals surface area contributed by atoms with Gasteiger partial charge in [0.15, 0.2) is 0 Å². The van der Waals surface area contributed by atoms with Crippen LogP contribution in [0.2, 0.25) is 0 Å². The molecule has 2 aromatic rings. The number of nitrogens with zero attached hydrogens (tertiary/aromatic N) is 1. The van der Waals surface area contributed by atoms with E-state index in [0.717, 1.165) is 25.0 Å². The molecule has 134 valence electrons. The van der Waals surface area contributed by atoms with Crippen molar-refractivity contribution in [2.75, 3.05) is 12.3 Å². The predicted molar refractivity (Wildman–Crippen MR) is 92.4 cm³/mol. The van der Waals surface area contributed by atoms with Gasteiger partial charge in [-0.3, -0.25) is 14.6 Å². The van der Waals surface area contributed by atoms with Crippen molar-refractivity contribution in [3.63, 3.8) is 0 Å². The molecular weight excluding hydrogens is 324 g/mol.